The smallest absolute Gasteiger partial charge is 0.122 e. The Hall–Kier alpha value is -1.54. The van der Waals surface area contributed by atoms with Crippen LogP contribution >= 0.6 is 0 Å². The van der Waals surface area contributed by atoms with Gasteiger partial charge in [0.2, 0.25) is 0 Å². The number of nitrogens with zero attached hydrogens (tertiary/aromatic N) is 1. The van der Waals surface area contributed by atoms with Crippen LogP contribution in [0.25, 0.3) is 0 Å². The maximum absolute atomic E-state index is 5.74. The van der Waals surface area contributed by atoms with Crippen molar-refractivity contribution < 1.29 is 4.74 Å². The molecule has 1 aromatic carbocycles. The highest BCUT2D eigenvalue weighted by Crippen LogP contribution is 2.39. The van der Waals surface area contributed by atoms with Crippen molar-refractivity contribution in [1.82, 2.24) is 4.90 Å². The summed E-state index contributed by atoms with van der Waals surface area (Å²) in [6.07, 6.45) is 9.15. The minimum absolute atomic E-state index is 0.414. The fourth-order valence-electron chi connectivity index (χ4n) is 4.19. The Morgan fingerprint density at radius 3 is 2.42 bits per heavy atom. The van der Waals surface area contributed by atoms with Crippen molar-refractivity contribution >= 4 is 0 Å². The molecule has 1 aromatic rings. The lowest BCUT2D eigenvalue weighted by molar-refractivity contribution is 0.170. The number of allylic oxidation sites excluding steroid dienone is 4. The lowest BCUT2D eigenvalue weighted by atomic mass is 9.80. The Labute approximate surface area is 160 Å². The maximum Gasteiger partial charge on any atom is 0.122 e. The van der Waals surface area contributed by atoms with E-state index in [1.165, 1.54) is 16.7 Å². The van der Waals surface area contributed by atoms with Gasteiger partial charge in [0.15, 0.2) is 0 Å². The predicted molar refractivity (Wildman–Crippen MR) is 113 cm³/mol. The summed E-state index contributed by atoms with van der Waals surface area (Å²) in [7, 11) is 1.79. The summed E-state index contributed by atoms with van der Waals surface area (Å²) < 4.78 is 5.74. The van der Waals surface area contributed by atoms with Gasteiger partial charge in [-0.3, -0.25) is 4.90 Å². The molecule has 1 aliphatic carbocycles. The fourth-order valence-corrected chi connectivity index (χ4v) is 4.19. The molecule has 144 valence electrons. The predicted octanol–water partition coefficient (Wildman–Crippen LogP) is 6.12. The molecule has 1 aliphatic rings. The molecular formula is C24H37NO. The fraction of sp³-hybridized carbons (Fsp3) is 0.583. The highest BCUT2D eigenvalue weighted by atomic mass is 16.5. The Morgan fingerprint density at radius 1 is 1.15 bits per heavy atom. The SMILES string of the molecule is COc1ccc(C)cc1C(CCN(C(C)C)C(C)C)C1=CC=CC(C)C1. The normalized spacial score (nSPS) is 18.5. The molecule has 2 heteroatoms. The second-order valence-corrected chi connectivity index (χ2v) is 8.32. The maximum atomic E-state index is 5.74. The standard InChI is InChI=1S/C24H37NO/c1-17(2)25(18(3)4)14-13-22(21-10-8-9-19(5)15-21)23-16-20(6)11-12-24(23)26-7/h8-12,16-19,22H,13-15H2,1-7H3. The van der Waals surface area contributed by atoms with E-state index in [1.54, 1.807) is 7.11 Å². The van der Waals surface area contributed by atoms with Gasteiger partial charge in [0.25, 0.3) is 0 Å². The van der Waals surface area contributed by atoms with Crippen LogP contribution in [0.5, 0.6) is 5.75 Å². The first kappa shape index (κ1) is 20.8. The average Bonchev–Trinajstić information content (AvgIpc) is 2.58. The zero-order valence-electron chi connectivity index (χ0n) is 17.8. The molecular weight excluding hydrogens is 318 g/mol. The second kappa shape index (κ2) is 9.41. The number of ether oxygens (including phenoxy) is 1. The molecule has 2 atom stereocenters. The van der Waals surface area contributed by atoms with Crippen LogP contribution in [0.15, 0.2) is 42.0 Å². The molecule has 0 spiro atoms. The molecule has 0 radical (unpaired) electrons. The van der Waals surface area contributed by atoms with E-state index in [2.05, 4.69) is 82.9 Å². The van der Waals surface area contributed by atoms with E-state index in [4.69, 9.17) is 4.74 Å². The first-order chi connectivity index (χ1) is 12.3. The van der Waals surface area contributed by atoms with E-state index in [0.29, 0.717) is 23.9 Å². The molecule has 2 nitrogen and oxygen atoms in total. The van der Waals surface area contributed by atoms with Gasteiger partial charge in [-0.25, -0.2) is 0 Å². The third-order valence-corrected chi connectivity index (χ3v) is 5.52. The zero-order chi connectivity index (χ0) is 19.3. The number of rotatable bonds is 8. The molecule has 0 amide bonds. The summed E-state index contributed by atoms with van der Waals surface area (Å²) >= 11 is 0. The van der Waals surface area contributed by atoms with Gasteiger partial charge in [0, 0.05) is 23.6 Å². The molecule has 26 heavy (non-hydrogen) atoms. The van der Waals surface area contributed by atoms with Crippen molar-refractivity contribution in [3.8, 4) is 5.75 Å². The van der Waals surface area contributed by atoms with Crippen molar-refractivity contribution in [3.05, 3.63) is 53.1 Å². The lowest BCUT2D eigenvalue weighted by Gasteiger charge is -2.33. The van der Waals surface area contributed by atoms with Gasteiger partial charge in [-0.1, -0.05) is 48.4 Å². The molecule has 0 aliphatic heterocycles. The topological polar surface area (TPSA) is 12.5 Å². The third-order valence-electron chi connectivity index (χ3n) is 5.52. The number of benzene rings is 1. The molecule has 0 N–H and O–H groups in total. The van der Waals surface area contributed by atoms with Gasteiger partial charge in [0.05, 0.1) is 7.11 Å². The Kier molecular flexibility index (Phi) is 7.52. The van der Waals surface area contributed by atoms with E-state index in [9.17, 15) is 0 Å². The van der Waals surface area contributed by atoms with Crippen LogP contribution in [-0.2, 0) is 0 Å². The van der Waals surface area contributed by atoms with Crippen LogP contribution in [0.4, 0.5) is 0 Å². The van der Waals surface area contributed by atoms with E-state index in [1.807, 2.05) is 0 Å². The number of hydrogen-bond donors (Lipinski definition) is 0. The van der Waals surface area contributed by atoms with E-state index < -0.39 is 0 Å². The van der Waals surface area contributed by atoms with Crippen molar-refractivity contribution in [1.29, 1.82) is 0 Å². The highest BCUT2D eigenvalue weighted by Gasteiger charge is 2.24. The molecule has 0 heterocycles. The Bertz CT molecular complexity index is 634. The van der Waals surface area contributed by atoms with Crippen molar-refractivity contribution in [3.63, 3.8) is 0 Å². The molecule has 0 saturated heterocycles. The average molecular weight is 356 g/mol. The summed E-state index contributed by atoms with van der Waals surface area (Å²) in [6.45, 7) is 14.8. The van der Waals surface area contributed by atoms with Crippen LogP contribution < -0.4 is 4.74 Å². The molecule has 0 fully saturated rings. The summed E-state index contributed by atoms with van der Waals surface area (Å²) in [6, 6.07) is 7.72. The summed E-state index contributed by atoms with van der Waals surface area (Å²) in [5, 5.41) is 0. The summed E-state index contributed by atoms with van der Waals surface area (Å²) in [4.78, 5) is 2.60. The molecule has 0 saturated carbocycles. The summed E-state index contributed by atoms with van der Waals surface area (Å²) in [5.41, 5.74) is 4.18. The monoisotopic (exact) mass is 355 g/mol. The van der Waals surface area contributed by atoms with Crippen LogP contribution in [-0.4, -0.2) is 30.6 Å². The quantitative estimate of drug-likeness (QED) is 0.557. The molecule has 0 bridgehead atoms. The van der Waals surface area contributed by atoms with Gasteiger partial charge >= 0.3 is 0 Å². The minimum atomic E-state index is 0.414. The zero-order valence-corrected chi connectivity index (χ0v) is 17.8. The summed E-state index contributed by atoms with van der Waals surface area (Å²) in [5.74, 6) is 2.04. The second-order valence-electron chi connectivity index (χ2n) is 8.32. The van der Waals surface area contributed by atoms with E-state index in [0.717, 1.165) is 25.1 Å². The van der Waals surface area contributed by atoms with Crippen molar-refractivity contribution in [2.24, 2.45) is 5.92 Å². The number of hydrogen-bond acceptors (Lipinski definition) is 2. The number of aryl methyl sites for hydroxylation is 1. The van der Waals surface area contributed by atoms with Gasteiger partial charge in [-0.2, -0.15) is 0 Å². The lowest BCUT2D eigenvalue weighted by Crippen LogP contribution is -2.38. The van der Waals surface area contributed by atoms with Crippen LogP contribution in [0.2, 0.25) is 0 Å². The minimum Gasteiger partial charge on any atom is -0.496 e. The largest absolute Gasteiger partial charge is 0.496 e. The Balaban J connectivity index is 2.35. The van der Waals surface area contributed by atoms with Crippen LogP contribution in [0.3, 0.4) is 0 Å². The third kappa shape index (κ3) is 5.23. The highest BCUT2D eigenvalue weighted by molar-refractivity contribution is 5.44. The first-order valence-electron chi connectivity index (χ1n) is 10.1. The van der Waals surface area contributed by atoms with Crippen molar-refractivity contribution in [2.45, 2.75) is 72.4 Å². The van der Waals surface area contributed by atoms with Gasteiger partial charge in [-0.05, 0) is 66.0 Å². The van der Waals surface area contributed by atoms with Crippen LogP contribution in [0, 0.1) is 12.8 Å². The van der Waals surface area contributed by atoms with Crippen molar-refractivity contribution in [2.75, 3.05) is 13.7 Å². The van der Waals surface area contributed by atoms with E-state index in [-0.39, 0.29) is 0 Å². The molecule has 2 rings (SSSR count). The van der Waals surface area contributed by atoms with Gasteiger partial charge in [-0.15, -0.1) is 0 Å². The Morgan fingerprint density at radius 2 is 1.85 bits per heavy atom. The molecule has 0 aromatic heterocycles. The number of methoxy groups -OCH3 is 1. The molecule has 2 unspecified atom stereocenters. The van der Waals surface area contributed by atoms with Gasteiger partial charge < -0.3 is 4.74 Å². The van der Waals surface area contributed by atoms with Crippen LogP contribution in [0.1, 0.15) is 64.5 Å². The first-order valence-corrected chi connectivity index (χ1v) is 10.1. The van der Waals surface area contributed by atoms with Gasteiger partial charge in [0.1, 0.15) is 5.75 Å². The van der Waals surface area contributed by atoms with E-state index >= 15 is 0 Å².